The molecule has 0 radical (unpaired) electrons. The average Bonchev–Trinajstić information content (AvgIpc) is 2.82. The standard InChI is InChI=1S/C26H27N3O2S/c1-3-29(4-2)25(31)21-15-17-22(18-16-21)27-26(32)28-24(30)23(19-11-7-5-8-12-19)20-13-9-6-10-14-20/h5-18,23H,3-4H2,1-2H3,(H2,27,28,30,32). The molecule has 3 aromatic rings. The van der Waals surface area contributed by atoms with Gasteiger partial charge in [0.1, 0.15) is 0 Å². The summed E-state index contributed by atoms with van der Waals surface area (Å²) in [7, 11) is 0. The normalized spacial score (nSPS) is 10.5. The molecule has 0 saturated carbocycles. The molecule has 0 aliphatic heterocycles. The summed E-state index contributed by atoms with van der Waals surface area (Å²) < 4.78 is 0. The molecule has 5 nitrogen and oxygen atoms in total. The van der Waals surface area contributed by atoms with Crippen LogP contribution in [0.2, 0.25) is 0 Å². The number of thiocarbonyl (C=S) groups is 1. The second kappa shape index (κ2) is 11.2. The lowest BCUT2D eigenvalue weighted by Crippen LogP contribution is -2.37. The van der Waals surface area contributed by atoms with Crippen LogP contribution in [-0.2, 0) is 4.79 Å². The molecule has 0 spiro atoms. The van der Waals surface area contributed by atoms with Gasteiger partial charge in [-0.2, -0.15) is 0 Å². The maximum absolute atomic E-state index is 13.1. The highest BCUT2D eigenvalue weighted by Gasteiger charge is 2.23. The molecule has 6 heteroatoms. The number of rotatable bonds is 7. The van der Waals surface area contributed by atoms with Gasteiger partial charge in [-0.1, -0.05) is 60.7 Å². The van der Waals surface area contributed by atoms with E-state index >= 15 is 0 Å². The van der Waals surface area contributed by atoms with Crippen LogP contribution in [0.25, 0.3) is 0 Å². The fourth-order valence-corrected chi connectivity index (χ4v) is 3.74. The van der Waals surface area contributed by atoms with Crippen molar-refractivity contribution >= 4 is 34.8 Å². The van der Waals surface area contributed by atoms with E-state index in [0.717, 1.165) is 11.1 Å². The second-order valence-corrected chi connectivity index (χ2v) is 7.66. The lowest BCUT2D eigenvalue weighted by Gasteiger charge is -2.19. The quantitative estimate of drug-likeness (QED) is 0.512. The van der Waals surface area contributed by atoms with Gasteiger partial charge in [-0.15, -0.1) is 0 Å². The number of hydrogen-bond acceptors (Lipinski definition) is 3. The van der Waals surface area contributed by atoms with Crippen molar-refractivity contribution in [3.63, 3.8) is 0 Å². The molecular weight excluding hydrogens is 418 g/mol. The van der Waals surface area contributed by atoms with E-state index in [1.165, 1.54) is 0 Å². The van der Waals surface area contributed by atoms with E-state index in [0.29, 0.717) is 24.3 Å². The maximum Gasteiger partial charge on any atom is 0.253 e. The van der Waals surface area contributed by atoms with Crippen LogP contribution in [0.1, 0.15) is 41.3 Å². The first kappa shape index (κ1) is 23.2. The minimum Gasteiger partial charge on any atom is -0.339 e. The van der Waals surface area contributed by atoms with Crippen molar-refractivity contribution in [1.29, 1.82) is 0 Å². The molecule has 0 unspecified atom stereocenters. The molecule has 0 saturated heterocycles. The molecule has 2 N–H and O–H groups in total. The minimum atomic E-state index is -0.480. The Morgan fingerprint density at radius 2 is 1.31 bits per heavy atom. The third-order valence-electron chi connectivity index (χ3n) is 5.21. The molecular formula is C26H27N3O2S. The molecule has 32 heavy (non-hydrogen) atoms. The van der Waals surface area contributed by atoms with Crippen molar-refractivity contribution in [3.05, 3.63) is 102 Å². The fourth-order valence-electron chi connectivity index (χ4n) is 3.52. The Morgan fingerprint density at radius 1 is 0.812 bits per heavy atom. The Morgan fingerprint density at radius 3 is 1.78 bits per heavy atom. The fraction of sp³-hybridized carbons (Fsp3) is 0.192. The molecule has 0 fully saturated rings. The molecule has 0 aliphatic carbocycles. The van der Waals surface area contributed by atoms with Crippen LogP contribution in [-0.4, -0.2) is 34.9 Å². The van der Waals surface area contributed by atoms with E-state index in [4.69, 9.17) is 12.2 Å². The van der Waals surface area contributed by atoms with Gasteiger partial charge in [-0.3, -0.25) is 9.59 Å². The zero-order valence-electron chi connectivity index (χ0n) is 18.2. The van der Waals surface area contributed by atoms with Crippen LogP contribution >= 0.6 is 12.2 Å². The largest absolute Gasteiger partial charge is 0.339 e. The number of nitrogens with zero attached hydrogens (tertiary/aromatic N) is 1. The lowest BCUT2D eigenvalue weighted by atomic mass is 9.90. The summed E-state index contributed by atoms with van der Waals surface area (Å²) >= 11 is 5.38. The minimum absolute atomic E-state index is 0.00834. The Balaban J connectivity index is 1.69. The molecule has 0 aromatic heterocycles. The van der Waals surface area contributed by atoms with Crippen LogP contribution < -0.4 is 10.6 Å². The van der Waals surface area contributed by atoms with Crippen LogP contribution in [0.5, 0.6) is 0 Å². The highest BCUT2D eigenvalue weighted by Crippen LogP contribution is 2.24. The molecule has 3 aromatic carbocycles. The Kier molecular flexibility index (Phi) is 8.11. The van der Waals surface area contributed by atoms with E-state index in [1.54, 1.807) is 29.2 Å². The number of carbonyl (C=O) groups excluding carboxylic acids is 2. The summed E-state index contributed by atoms with van der Waals surface area (Å²) in [4.78, 5) is 27.4. The van der Waals surface area contributed by atoms with Crippen LogP contribution in [0.3, 0.4) is 0 Å². The molecule has 2 amide bonds. The van der Waals surface area contributed by atoms with E-state index < -0.39 is 5.92 Å². The summed E-state index contributed by atoms with van der Waals surface area (Å²) in [6.45, 7) is 5.23. The average molecular weight is 446 g/mol. The van der Waals surface area contributed by atoms with Crippen molar-refractivity contribution in [2.24, 2.45) is 0 Å². The number of amides is 2. The number of anilines is 1. The van der Waals surface area contributed by atoms with Gasteiger partial charge in [0.2, 0.25) is 5.91 Å². The molecule has 0 atom stereocenters. The topological polar surface area (TPSA) is 61.4 Å². The number of nitrogens with one attached hydrogen (secondary N) is 2. The van der Waals surface area contributed by atoms with E-state index in [9.17, 15) is 9.59 Å². The maximum atomic E-state index is 13.1. The first-order valence-electron chi connectivity index (χ1n) is 10.6. The van der Waals surface area contributed by atoms with Crippen molar-refractivity contribution in [2.75, 3.05) is 18.4 Å². The van der Waals surface area contributed by atoms with Gasteiger partial charge in [0.05, 0.1) is 5.92 Å². The number of benzene rings is 3. The van der Waals surface area contributed by atoms with Crippen LogP contribution in [0.4, 0.5) is 5.69 Å². The highest BCUT2D eigenvalue weighted by molar-refractivity contribution is 7.80. The van der Waals surface area contributed by atoms with Gasteiger partial charge >= 0.3 is 0 Å². The molecule has 0 bridgehead atoms. The van der Waals surface area contributed by atoms with Gasteiger partial charge in [-0.25, -0.2) is 0 Å². The van der Waals surface area contributed by atoms with E-state index in [2.05, 4.69) is 10.6 Å². The van der Waals surface area contributed by atoms with E-state index in [1.807, 2.05) is 74.5 Å². The Bertz CT molecular complexity index is 1010. The Hall–Kier alpha value is -3.51. The number of hydrogen-bond donors (Lipinski definition) is 2. The summed E-state index contributed by atoms with van der Waals surface area (Å²) in [6.07, 6.45) is 0. The predicted octanol–water partition coefficient (Wildman–Crippen LogP) is 4.81. The van der Waals surface area contributed by atoms with Crippen molar-refractivity contribution in [3.8, 4) is 0 Å². The zero-order valence-corrected chi connectivity index (χ0v) is 19.1. The van der Waals surface area contributed by atoms with Crippen LogP contribution in [0, 0.1) is 0 Å². The second-order valence-electron chi connectivity index (χ2n) is 7.25. The molecule has 3 rings (SSSR count). The van der Waals surface area contributed by atoms with Gasteiger partial charge < -0.3 is 15.5 Å². The van der Waals surface area contributed by atoms with Crippen molar-refractivity contribution in [2.45, 2.75) is 19.8 Å². The zero-order chi connectivity index (χ0) is 22.9. The lowest BCUT2D eigenvalue weighted by molar-refractivity contribution is -0.120. The van der Waals surface area contributed by atoms with Crippen molar-refractivity contribution < 1.29 is 9.59 Å². The highest BCUT2D eigenvalue weighted by atomic mass is 32.1. The predicted molar refractivity (Wildman–Crippen MR) is 133 cm³/mol. The summed E-state index contributed by atoms with van der Waals surface area (Å²) in [5.74, 6) is -0.703. The molecule has 164 valence electrons. The van der Waals surface area contributed by atoms with Gasteiger partial charge in [0.15, 0.2) is 5.11 Å². The van der Waals surface area contributed by atoms with Gasteiger partial charge in [0.25, 0.3) is 5.91 Å². The summed E-state index contributed by atoms with van der Waals surface area (Å²) in [6, 6.07) is 26.3. The van der Waals surface area contributed by atoms with Crippen molar-refractivity contribution in [1.82, 2.24) is 10.2 Å². The first-order chi connectivity index (χ1) is 15.5. The third-order valence-corrected chi connectivity index (χ3v) is 5.41. The van der Waals surface area contributed by atoms with Gasteiger partial charge in [-0.05, 0) is 61.5 Å². The summed E-state index contributed by atoms with van der Waals surface area (Å²) in [5, 5.41) is 6.04. The SMILES string of the molecule is CCN(CC)C(=O)c1ccc(NC(=S)NC(=O)C(c2ccccc2)c2ccccc2)cc1. The smallest absolute Gasteiger partial charge is 0.253 e. The first-order valence-corrected chi connectivity index (χ1v) is 11.0. The third kappa shape index (κ3) is 5.80. The monoisotopic (exact) mass is 445 g/mol. The summed E-state index contributed by atoms with van der Waals surface area (Å²) in [5.41, 5.74) is 3.08. The van der Waals surface area contributed by atoms with Crippen LogP contribution in [0.15, 0.2) is 84.9 Å². The molecule has 0 heterocycles. The Labute approximate surface area is 194 Å². The molecule has 0 aliphatic rings. The van der Waals surface area contributed by atoms with E-state index in [-0.39, 0.29) is 16.9 Å². The number of carbonyl (C=O) groups is 2. The van der Waals surface area contributed by atoms with Gasteiger partial charge in [0, 0.05) is 24.3 Å².